The van der Waals surface area contributed by atoms with Gasteiger partial charge in [-0.1, -0.05) is 56.7 Å². The van der Waals surface area contributed by atoms with Gasteiger partial charge < -0.3 is 4.90 Å². The van der Waals surface area contributed by atoms with Gasteiger partial charge in [-0.3, -0.25) is 9.69 Å². The molecule has 37 heavy (non-hydrogen) atoms. The van der Waals surface area contributed by atoms with E-state index in [0.29, 0.717) is 59.2 Å². The van der Waals surface area contributed by atoms with E-state index in [4.69, 9.17) is 16.6 Å². The molecule has 0 N–H and O–H groups in total. The van der Waals surface area contributed by atoms with Crippen molar-refractivity contribution in [2.24, 2.45) is 11.8 Å². The minimum absolute atomic E-state index is 0.215. The Morgan fingerprint density at radius 3 is 2.30 bits per heavy atom. The third-order valence-electron chi connectivity index (χ3n) is 6.94. The summed E-state index contributed by atoms with van der Waals surface area (Å²) in [7, 11) is -3.62. The van der Waals surface area contributed by atoms with Gasteiger partial charge in [-0.05, 0) is 67.7 Å². The van der Waals surface area contributed by atoms with Crippen molar-refractivity contribution in [1.82, 2.24) is 14.2 Å². The van der Waals surface area contributed by atoms with Crippen molar-refractivity contribution in [1.29, 1.82) is 0 Å². The minimum atomic E-state index is -3.62. The fraction of sp³-hybridized carbons (Fsp3) is 0.481. The maximum absolute atomic E-state index is 13.7. The van der Waals surface area contributed by atoms with Crippen LogP contribution >= 0.6 is 22.9 Å². The molecular weight excluding hydrogens is 528 g/mol. The number of thiazole rings is 1. The Hall–Kier alpha value is -2.04. The number of hydrogen-bond donors (Lipinski definition) is 0. The Kier molecular flexibility index (Phi) is 8.91. The van der Waals surface area contributed by atoms with E-state index in [0.717, 1.165) is 24.2 Å². The number of rotatable bonds is 9. The number of fused-ring (bicyclic) bond motifs is 1. The molecule has 200 valence electrons. The van der Waals surface area contributed by atoms with E-state index in [1.165, 1.54) is 11.3 Å². The van der Waals surface area contributed by atoms with Gasteiger partial charge in [0.2, 0.25) is 10.0 Å². The Morgan fingerprint density at radius 1 is 1.05 bits per heavy atom. The fourth-order valence-corrected chi connectivity index (χ4v) is 7.93. The molecule has 0 aliphatic carbocycles. The molecule has 4 rings (SSSR count). The summed E-state index contributed by atoms with van der Waals surface area (Å²) >= 11 is 7.78. The standard InChI is InChI=1S/C27H35ClN4O3S2/c1-5-30(6-2)14-15-32(27-29-25-23(28)8-7-9-24(25)36-27)26(33)21-10-12-22(13-11-21)37(34,35)31-17-19(3)16-20(4)18-31/h7-13,19-20H,5-6,14-18H2,1-4H3. The molecule has 3 aromatic rings. The number of carbonyl (C=O) groups is 1. The first-order valence-corrected chi connectivity index (χ1v) is 15.5. The van der Waals surface area contributed by atoms with Crippen LogP contribution in [-0.2, 0) is 10.0 Å². The van der Waals surface area contributed by atoms with Crippen LogP contribution in [0.15, 0.2) is 47.4 Å². The molecule has 1 saturated heterocycles. The van der Waals surface area contributed by atoms with Gasteiger partial charge in [0, 0.05) is 31.7 Å². The van der Waals surface area contributed by atoms with Gasteiger partial charge in [0.15, 0.2) is 5.13 Å². The first-order valence-electron chi connectivity index (χ1n) is 12.8. The SMILES string of the molecule is CCN(CC)CCN(C(=O)c1ccc(S(=O)(=O)N2CC(C)CC(C)C2)cc1)c1nc2c(Cl)cccc2s1. The van der Waals surface area contributed by atoms with E-state index in [1.54, 1.807) is 39.5 Å². The van der Waals surface area contributed by atoms with Crippen molar-refractivity contribution >= 4 is 54.2 Å². The monoisotopic (exact) mass is 562 g/mol. The highest BCUT2D eigenvalue weighted by Gasteiger charge is 2.32. The molecule has 2 atom stereocenters. The minimum Gasteiger partial charge on any atom is -0.302 e. The third-order valence-corrected chi connectivity index (χ3v) is 10.1. The number of piperidine rings is 1. The summed E-state index contributed by atoms with van der Waals surface area (Å²) in [5.41, 5.74) is 1.10. The molecule has 1 aliphatic rings. The van der Waals surface area contributed by atoms with Crippen molar-refractivity contribution < 1.29 is 13.2 Å². The smallest absolute Gasteiger partial charge is 0.260 e. The maximum atomic E-state index is 13.7. The average Bonchev–Trinajstić information content (AvgIpc) is 3.31. The number of likely N-dealkylation sites (N-methyl/N-ethyl adjacent to an activating group) is 1. The molecular formula is C27H35ClN4O3S2. The molecule has 0 saturated carbocycles. The van der Waals surface area contributed by atoms with Crippen LogP contribution in [0.4, 0.5) is 5.13 Å². The normalized spacial score (nSPS) is 19.0. The van der Waals surface area contributed by atoms with E-state index in [2.05, 4.69) is 32.6 Å². The van der Waals surface area contributed by atoms with Crippen LogP contribution in [-0.4, -0.2) is 67.8 Å². The van der Waals surface area contributed by atoms with Crippen molar-refractivity contribution in [2.45, 2.75) is 39.0 Å². The molecule has 2 unspecified atom stereocenters. The first-order chi connectivity index (χ1) is 17.6. The van der Waals surface area contributed by atoms with Gasteiger partial charge in [0.25, 0.3) is 5.91 Å². The second kappa shape index (κ2) is 11.8. The second-order valence-electron chi connectivity index (χ2n) is 9.86. The van der Waals surface area contributed by atoms with Crippen LogP contribution in [0.25, 0.3) is 10.2 Å². The highest BCUT2D eigenvalue weighted by atomic mass is 35.5. The number of halogens is 1. The van der Waals surface area contributed by atoms with E-state index in [-0.39, 0.29) is 10.8 Å². The first kappa shape index (κ1) is 28.0. The van der Waals surface area contributed by atoms with E-state index in [9.17, 15) is 13.2 Å². The lowest BCUT2D eigenvalue weighted by atomic mass is 9.94. The molecule has 1 fully saturated rings. The summed E-state index contributed by atoms with van der Waals surface area (Å²) in [6.07, 6.45) is 1.03. The number of nitrogens with zero attached hydrogens (tertiary/aromatic N) is 4. The molecule has 0 radical (unpaired) electrons. The third kappa shape index (κ3) is 6.17. The van der Waals surface area contributed by atoms with Gasteiger partial charge in [0.1, 0.15) is 5.52 Å². The van der Waals surface area contributed by atoms with Crippen molar-refractivity contribution in [3.05, 3.63) is 53.1 Å². The predicted octanol–water partition coefficient (Wildman–Crippen LogP) is 5.60. The average molecular weight is 563 g/mol. The van der Waals surface area contributed by atoms with Crippen LogP contribution < -0.4 is 4.90 Å². The number of benzene rings is 2. The second-order valence-corrected chi connectivity index (χ2v) is 13.2. The fourth-order valence-electron chi connectivity index (χ4n) is 4.96. The Bertz CT molecular complexity index is 1330. The number of carbonyl (C=O) groups excluding carboxylic acids is 1. The van der Waals surface area contributed by atoms with Gasteiger partial charge >= 0.3 is 0 Å². The molecule has 1 aromatic heterocycles. The van der Waals surface area contributed by atoms with E-state index < -0.39 is 10.0 Å². The lowest BCUT2D eigenvalue weighted by Gasteiger charge is -2.34. The van der Waals surface area contributed by atoms with E-state index in [1.807, 2.05) is 12.1 Å². The summed E-state index contributed by atoms with van der Waals surface area (Å²) in [5, 5.41) is 1.13. The number of sulfonamides is 1. The zero-order valence-corrected chi connectivity index (χ0v) is 24.2. The van der Waals surface area contributed by atoms with Crippen LogP contribution in [0.1, 0.15) is 44.5 Å². The lowest BCUT2D eigenvalue weighted by Crippen LogP contribution is -2.42. The summed E-state index contributed by atoms with van der Waals surface area (Å²) < 4.78 is 29.1. The maximum Gasteiger partial charge on any atom is 0.260 e. The Morgan fingerprint density at radius 2 is 1.70 bits per heavy atom. The van der Waals surface area contributed by atoms with Crippen molar-refractivity contribution in [2.75, 3.05) is 44.2 Å². The topological polar surface area (TPSA) is 73.8 Å². The van der Waals surface area contributed by atoms with Gasteiger partial charge in [-0.2, -0.15) is 4.31 Å². The Balaban J connectivity index is 1.62. The summed E-state index contributed by atoms with van der Waals surface area (Å²) in [4.78, 5) is 22.6. The molecule has 2 aromatic carbocycles. The predicted molar refractivity (Wildman–Crippen MR) is 152 cm³/mol. The molecule has 0 bridgehead atoms. The van der Waals surface area contributed by atoms with E-state index >= 15 is 0 Å². The molecule has 1 amide bonds. The number of hydrogen-bond acceptors (Lipinski definition) is 6. The van der Waals surface area contributed by atoms with Crippen LogP contribution in [0.3, 0.4) is 0 Å². The van der Waals surface area contributed by atoms with Crippen molar-refractivity contribution in [3.63, 3.8) is 0 Å². The number of para-hydroxylation sites is 1. The van der Waals surface area contributed by atoms with Crippen LogP contribution in [0, 0.1) is 11.8 Å². The van der Waals surface area contributed by atoms with Crippen LogP contribution in [0.5, 0.6) is 0 Å². The summed E-state index contributed by atoms with van der Waals surface area (Å²) in [5.74, 6) is 0.425. The lowest BCUT2D eigenvalue weighted by molar-refractivity contribution is 0.0983. The van der Waals surface area contributed by atoms with Gasteiger partial charge in [-0.15, -0.1) is 0 Å². The molecule has 2 heterocycles. The van der Waals surface area contributed by atoms with Crippen LogP contribution in [0.2, 0.25) is 5.02 Å². The molecule has 7 nitrogen and oxygen atoms in total. The number of aromatic nitrogens is 1. The highest BCUT2D eigenvalue weighted by Crippen LogP contribution is 2.34. The molecule has 0 spiro atoms. The quantitative estimate of drug-likeness (QED) is 0.339. The van der Waals surface area contributed by atoms with Gasteiger partial charge in [-0.25, -0.2) is 13.4 Å². The largest absolute Gasteiger partial charge is 0.302 e. The Labute approximate surface area is 229 Å². The number of amides is 1. The van der Waals surface area contributed by atoms with Crippen molar-refractivity contribution in [3.8, 4) is 0 Å². The number of anilines is 1. The van der Waals surface area contributed by atoms with Gasteiger partial charge in [0.05, 0.1) is 14.6 Å². The zero-order chi connectivity index (χ0) is 26.7. The highest BCUT2D eigenvalue weighted by molar-refractivity contribution is 7.89. The zero-order valence-electron chi connectivity index (χ0n) is 21.9. The molecule has 10 heteroatoms. The molecule has 1 aliphatic heterocycles. The summed E-state index contributed by atoms with van der Waals surface area (Å²) in [6.45, 7) is 12.3. The summed E-state index contributed by atoms with van der Waals surface area (Å²) in [6, 6.07) is 11.9.